The highest BCUT2D eigenvalue weighted by molar-refractivity contribution is 6.20. The van der Waals surface area contributed by atoms with Gasteiger partial charge in [0.1, 0.15) is 0 Å². The quantitative estimate of drug-likeness (QED) is 0.372. The monoisotopic (exact) mass is 175 g/mol. The Morgan fingerprint density at radius 3 is 2.91 bits per heavy atom. The predicted molar refractivity (Wildman–Crippen MR) is 46.5 cm³/mol. The Balaban J connectivity index is 2.55. The van der Waals surface area contributed by atoms with Crippen LogP contribution in [0, 0.1) is 11.8 Å². The smallest absolute Gasteiger partial charge is 0.0892 e. The summed E-state index contributed by atoms with van der Waals surface area (Å²) in [5.41, 5.74) is -0.0570. The fourth-order valence-corrected chi connectivity index (χ4v) is 1.92. The maximum atomic E-state index is 8.98. The number of rotatable bonds is 2. The number of alkyl halides is 1. The van der Waals surface area contributed by atoms with Gasteiger partial charge in [0.15, 0.2) is 0 Å². The van der Waals surface area contributed by atoms with Crippen LogP contribution < -0.4 is 5.32 Å². The highest BCUT2D eigenvalue weighted by atomic mass is 35.5. The molecule has 2 nitrogen and oxygen atoms in total. The number of aliphatic hydroxyl groups is 1. The van der Waals surface area contributed by atoms with Gasteiger partial charge in [-0.1, -0.05) is 6.08 Å². The first-order chi connectivity index (χ1) is 5.29. The lowest BCUT2D eigenvalue weighted by atomic mass is 9.87. The van der Waals surface area contributed by atoms with Gasteiger partial charge in [-0.05, 0) is 18.9 Å². The van der Waals surface area contributed by atoms with Crippen molar-refractivity contribution in [3.8, 4) is 0 Å². The van der Waals surface area contributed by atoms with Crippen LogP contribution in [0.2, 0.25) is 0 Å². The van der Waals surface area contributed by atoms with Crippen molar-refractivity contribution in [1.29, 1.82) is 0 Å². The number of aliphatic hydroxyl groups excluding tert-OH is 1. The van der Waals surface area contributed by atoms with Gasteiger partial charge in [0.25, 0.3) is 0 Å². The summed E-state index contributed by atoms with van der Waals surface area (Å²) in [6, 6.07) is 0. The molecular formula is C8H14ClNO. The number of nitrogens with one attached hydrogen (secondary N) is 1. The van der Waals surface area contributed by atoms with Gasteiger partial charge in [-0.2, -0.15) is 0 Å². The second kappa shape index (κ2) is 4.10. The van der Waals surface area contributed by atoms with E-state index in [9.17, 15) is 0 Å². The summed E-state index contributed by atoms with van der Waals surface area (Å²) in [7, 11) is 0. The topological polar surface area (TPSA) is 32.3 Å². The second-order valence-corrected chi connectivity index (χ2v) is 3.37. The first-order valence-corrected chi connectivity index (χ1v) is 4.34. The molecule has 0 radical (unpaired) electrons. The number of piperidine rings is 1. The van der Waals surface area contributed by atoms with Gasteiger partial charge in [-0.3, -0.25) is 0 Å². The molecular weight excluding hydrogens is 162 g/mol. The van der Waals surface area contributed by atoms with E-state index >= 15 is 0 Å². The molecule has 0 aliphatic carbocycles. The molecule has 2 N–H and O–H groups in total. The largest absolute Gasteiger partial charge is 0.396 e. The van der Waals surface area contributed by atoms with E-state index < -0.39 is 0 Å². The van der Waals surface area contributed by atoms with Crippen LogP contribution in [-0.4, -0.2) is 23.8 Å². The minimum atomic E-state index is -0.0570. The Hall–Kier alpha value is -0.0500. The van der Waals surface area contributed by atoms with Crippen molar-refractivity contribution >= 4 is 11.6 Å². The van der Waals surface area contributed by atoms with E-state index in [1.54, 1.807) is 0 Å². The molecule has 3 unspecified atom stereocenters. The van der Waals surface area contributed by atoms with Gasteiger partial charge >= 0.3 is 0 Å². The average molecular weight is 176 g/mol. The summed E-state index contributed by atoms with van der Waals surface area (Å²) in [4.78, 5) is 0. The van der Waals surface area contributed by atoms with Crippen LogP contribution >= 0.6 is 11.6 Å². The molecule has 1 heterocycles. The van der Waals surface area contributed by atoms with Crippen LogP contribution in [0.4, 0.5) is 0 Å². The predicted octanol–water partition coefficient (Wildman–Crippen LogP) is 0.955. The first kappa shape index (κ1) is 9.04. The van der Waals surface area contributed by atoms with Gasteiger partial charge in [0.05, 0.1) is 5.50 Å². The fourth-order valence-electron chi connectivity index (χ4n) is 1.50. The first-order valence-electron chi connectivity index (χ1n) is 3.90. The van der Waals surface area contributed by atoms with Crippen LogP contribution in [0.25, 0.3) is 0 Å². The molecule has 0 amide bonds. The third-order valence-corrected chi connectivity index (χ3v) is 2.69. The van der Waals surface area contributed by atoms with Crippen molar-refractivity contribution in [2.45, 2.75) is 11.9 Å². The van der Waals surface area contributed by atoms with E-state index in [2.05, 4.69) is 11.9 Å². The lowest BCUT2D eigenvalue weighted by Gasteiger charge is -2.32. The summed E-state index contributed by atoms with van der Waals surface area (Å²) < 4.78 is 0. The van der Waals surface area contributed by atoms with E-state index in [-0.39, 0.29) is 23.9 Å². The van der Waals surface area contributed by atoms with Crippen molar-refractivity contribution in [3.63, 3.8) is 0 Å². The molecule has 1 aliphatic heterocycles. The molecule has 0 aromatic heterocycles. The molecule has 1 saturated heterocycles. The maximum absolute atomic E-state index is 8.98. The summed E-state index contributed by atoms with van der Waals surface area (Å²) in [5.74, 6) is 0.492. The Bertz CT molecular complexity index is 140. The standard InChI is InChI=1S/C8H14ClNO/c1-2-7-6(5-11)3-4-10-8(7)9/h2,6-8,10-11H,1,3-5H2. The zero-order valence-corrected chi connectivity index (χ0v) is 7.22. The SMILES string of the molecule is C=CC1C(CO)CCNC1Cl. The minimum Gasteiger partial charge on any atom is -0.396 e. The van der Waals surface area contributed by atoms with Crippen LogP contribution in [-0.2, 0) is 0 Å². The zero-order valence-electron chi connectivity index (χ0n) is 6.46. The fraction of sp³-hybridized carbons (Fsp3) is 0.750. The molecule has 1 fully saturated rings. The van der Waals surface area contributed by atoms with Gasteiger partial charge in [-0.15, -0.1) is 18.2 Å². The normalized spacial score (nSPS) is 38.5. The van der Waals surface area contributed by atoms with Crippen LogP contribution in [0.15, 0.2) is 12.7 Å². The van der Waals surface area contributed by atoms with E-state index in [1.165, 1.54) is 0 Å². The number of hydrogen-bond donors (Lipinski definition) is 2. The van der Waals surface area contributed by atoms with Crippen molar-refractivity contribution in [1.82, 2.24) is 5.32 Å². The minimum absolute atomic E-state index is 0.0570. The number of halogens is 1. The highest BCUT2D eigenvalue weighted by Gasteiger charge is 2.28. The van der Waals surface area contributed by atoms with Crippen LogP contribution in [0.3, 0.4) is 0 Å². The Labute approximate surface area is 72.2 Å². The summed E-state index contributed by atoms with van der Waals surface area (Å²) in [6.45, 7) is 4.80. The third-order valence-electron chi connectivity index (χ3n) is 2.24. The second-order valence-electron chi connectivity index (χ2n) is 2.90. The lowest BCUT2D eigenvalue weighted by molar-refractivity contribution is 0.157. The van der Waals surface area contributed by atoms with E-state index in [0.717, 1.165) is 13.0 Å². The van der Waals surface area contributed by atoms with E-state index in [1.807, 2.05) is 6.08 Å². The Kier molecular flexibility index (Phi) is 3.37. The van der Waals surface area contributed by atoms with Gasteiger partial charge in [0, 0.05) is 12.5 Å². The maximum Gasteiger partial charge on any atom is 0.0892 e. The van der Waals surface area contributed by atoms with E-state index in [4.69, 9.17) is 16.7 Å². The summed E-state index contributed by atoms with van der Waals surface area (Å²) in [5, 5.41) is 12.1. The molecule has 11 heavy (non-hydrogen) atoms. The molecule has 3 heteroatoms. The number of hydrogen-bond acceptors (Lipinski definition) is 2. The molecule has 0 bridgehead atoms. The lowest BCUT2D eigenvalue weighted by Crippen LogP contribution is -2.42. The highest BCUT2D eigenvalue weighted by Crippen LogP contribution is 2.26. The van der Waals surface area contributed by atoms with Crippen molar-refractivity contribution < 1.29 is 5.11 Å². The average Bonchev–Trinajstić information content (AvgIpc) is 2.04. The molecule has 1 rings (SSSR count). The van der Waals surface area contributed by atoms with E-state index in [0.29, 0.717) is 0 Å². The van der Waals surface area contributed by atoms with Crippen molar-refractivity contribution in [2.75, 3.05) is 13.2 Å². The van der Waals surface area contributed by atoms with Gasteiger partial charge in [0.2, 0.25) is 0 Å². The molecule has 0 aromatic carbocycles. The molecule has 3 atom stereocenters. The van der Waals surface area contributed by atoms with Gasteiger partial charge < -0.3 is 10.4 Å². The van der Waals surface area contributed by atoms with Crippen LogP contribution in [0.5, 0.6) is 0 Å². The third kappa shape index (κ3) is 1.95. The molecule has 1 aliphatic rings. The van der Waals surface area contributed by atoms with Crippen LogP contribution in [0.1, 0.15) is 6.42 Å². The van der Waals surface area contributed by atoms with Crippen molar-refractivity contribution in [3.05, 3.63) is 12.7 Å². The van der Waals surface area contributed by atoms with Gasteiger partial charge in [-0.25, -0.2) is 0 Å². The Morgan fingerprint density at radius 1 is 1.73 bits per heavy atom. The van der Waals surface area contributed by atoms with Crippen molar-refractivity contribution in [2.24, 2.45) is 11.8 Å². The summed E-state index contributed by atoms with van der Waals surface area (Å²) in [6.07, 6.45) is 2.81. The Morgan fingerprint density at radius 2 is 2.45 bits per heavy atom. The molecule has 0 spiro atoms. The molecule has 0 saturated carbocycles. The summed E-state index contributed by atoms with van der Waals surface area (Å²) >= 11 is 5.96. The molecule has 64 valence electrons. The molecule has 0 aromatic rings. The zero-order chi connectivity index (χ0) is 8.27.